The van der Waals surface area contributed by atoms with Crippen molar-refractivity contribution in [2.75, 3.05) is 24.6 Å². The van der Waals surface area contributed by atoms with Crippen LogP contribution in [0.15, 0.2) is 12.5 Å². The molecule has 0 radical (unpaired) electrons. The van der Waals surface area contributed by atoms with E-state index < -0.39 is 0 Å². The maximum absolute atomic E-state index is 5.59. The van der Waals surface area contributed by atoms with Gasteiger partial charge in [-0.25, -0.2) is 9.97 Å². The zero-order chi connectivity index (χ0) is 12.5. The minimum Gasteiger partial charge on any atom is -0.375 e. The van der Waals surface area contributed by atoms with Crippen LogP contribution in [0.5, 0.6) is 0 Å². The summed E-state index contributed by atoms with van der Waals surface area (Å²) in [6, 6.07) is 0. The number of rotatable bonds is 4. The predicted molar refractivity (Wildman–Crippen MR) is 70.9 cm³/mol. The lowest BCUT2D eigenvalue weighted by Crippen LogP contribution is -2.52. The van der Waals surface area contributed by atoms with Crippen molar-refractivity contribution < 1.29 is 4.74 Å². The molecular weight excluding hydrogens is 228 g/mol. The van der Waals surface area contributed by atoms with Gasteiger partial charge in [0.05, 0.1) is 11.5 Å². The minimum atomic E-state index is 0.351. The Morgan fingerprint density at radius 1 is 1.39 bits per heavy atom. The largest absolute Gasteiger partial charge is 0.375 e. The molecule has 2 aromatic rings. The molecule has 0 atom stereocenters. The van der Waals surface area contributed by atoms with Gasteiger partial charge in [0, 0.05) is 25.9 Å². The number of aryl methyl sites for hydroxylation is 1. The molecule has 1 fully saturated rings. The topological polar surface area (TPSA) is 54.0 Å². The van der Waals surface area contributed by atoms with Gasteiger partial charge in [-0.05, 0) is 18.9 Å². The third kappa shape index (κ3) is 1.75. The number of hydrogen-bond donors (Lipinski definition) is 1. The highest BCUT2D eigenvalue weighted by molar-refractivity contribution is 5.91. The summed E-state index contributed by atoms with van der Waals surface area (Å²) in [6.07, 6.45) is 5.00. The van der Waals surface area contributed by atoms with Crippen molar-refractivity contribution in [3.05, 3.63) is 18.1 Å². The van der Waals surface area contributed by atoms with E-state index in [1.54, 1.807) is 6.33 Å². The summed E-state index contributed by atoms with van der Waals surface area (Å²) in [5, 5.41) is 1.16. The van der Waals surface area contributed by atoms with Crippen LogP contribution in [0.3, 0.4) is 0 Å². The van der Waals surface area contributed by atoms with Crippen LogP contribution in [0.25, 0.3) is 11.0 Å². The highest BCUT2D eigenvalue weighted by Gasteiger charge is 2.30. The highest BCUT2D eigenvalue weighted by Crippen LogP contribution is 2.30. The van der Waals surface area contributed by atoms with Gasteiger partial charge in [0.25, 0.3) is 0 Å². The van der Waals surface area contributed by atoms with Crippen LogP contribution in [0.1, 0.15) is 19.4 Å². The quantitative estimate of drug-likeness (QED) is 0.893. The number of nitrogens with zero attached hydrogens (tertiary/aromatic N) is 3. The minimum absolute atomic E-state index is 0.351. The molecule has 0 saturated carbocycles. The summed E-state index contributed by atoms with van der Waals surface area (Å²) in [5.41, 5.74) is 2.21. The van der Waals surface area contributed by atoms with Gasteiger partial charge in [-0.3, -0.25) is 0 Å². The van der Waals surface area contributed by atoms with Gasteiger partial charge in [0.15, 0.2) is 0 Å². The van der Waals surface area contributed by atoms with E-state index in [1.807, 2.05) is 13.1 Å². The number of nitrogens with one attached hydrogen (secondary N) is 1. The summed E-state index contributed by atoms with van der Waals surface area (Å²) in [7, 11) is 0. The molecule has 5 heteroatoms. The van der Waals surface area contributed by atoms with Crippen molar-refractivity contribution in [2.45, 2.75) is 26.4 Å². The van der Waals surface area contributed by atoms with Crippen LogP contribution in [-0.4, -0.2) is 40.8 Å². The Balaban J connectivity index is 1.90. The first-order valence-electron chi connectivity index (χ1n) is 6.51. The smallest absolute Gasteiger partial charge is 0.143 e. The second kappa shape index (κ2) is 4.57. The molecule has 0 spiro atoms. The fourth-order valence-electron chi connectivity index (χ4n) is 2.48. The Bertz CT molecular complexity index is 545. The second-order valence-corrected chi connectivity index (χ2v) is 4.57. The maximum Gasteiger partial charge on any atom is 0.143 e. The molecular formula is C13H18N4O. The van der Waals surface area contributed by atoms with Crippen LogP contribution < -0.4 is 4.90 Å². The Labute approximate surface area is 106 Å². The number of ether oxygens (including phenoxy) is 1. The molecule has 1 aliphatic heterocycles. The molecule has 0 aliphatic carbocycles. The zero-order valence-electron chi connectivity index (χ0n) is 10.8. The Morgan fingerprint density at radius 2 is 2.22 bits per heavy atom. The molecule has 0 aromatic carbocycles. The number of anilines is 1. The van der Waals surface area contributed by atoms with Crippen LogP contribution in [-0.2, 0) is 11.2 Å². The van der Waals surface area contributed by atoms with E-state index in [2.05, 4.69) is 26.8 Å². The lowest BCUT2D eigenvalue weighted by Gasteiger charge is -2.39. The first-order chi connectivity index (χ1) is 8.83. The summed E-state index contributed by atoms with van der Waals surface area (Å²) >= 11 is 0. The predicted octanol–water partition coefficient (Wildman–Crippen LogP) is 1.75. The van der Waals surface area contributed by atoms with Crippen molar-refractivity contribution in [2.24, 2.45) is 0 Å². The first kappa shape index (κ1) is 11.5. The molecule has 1 N–H and O–H groups in total. The summed E-state index contributed by atoms with van der Waals surface area (Å²) in [6.45, 7) is 6.82. The van der Waals surface area contributed by atoms with Crippen molar-refractivity contribution in [3.63, 3.8) is 0 Å². The number of hydrogen-bond acceptors (Lipinski definition) is 4. The maximum atomic E-state index is 5.59. The number of H-pyrrole nitrogens is 1. The Kier molecular flexibility index (Phi) is 2.91. The number of aromatic amines is 1. The van der Waals surface area contributed by atoms with Crippen molar-refractivity contribution in [3.8, 4) is 0 Å². The third-order valence-corrected chi connectivity index (χ3v) is 3.46. The molecule has 0 amide bonds. The summed E-state index contributed by atoms with van der Waals surface area (Å²) < 4.78 is 5.59. The lowest BCUT2D eigenvalue weighted by molar-refractivity contribution is 0.0428. The zero-order valence-corrected chi connectivity index (χ0v) is 10.8. The fourth-order valence-corrected chi connectivity index (χ4v) is 2.48. The van der Waals surface area contributed by atoms with E-state index in [9.17, 15) is 0 Å². The Hall–Kier alpha value is -1.62. The van der Waals surface area contributed by atoms with Crippen LogP contribution in [0.4, 0.5) is 5.82 Å². The van der Waals surface area contributed by atoms with E-state index in [-0.39, 0.29) is 0 Å². The van der Waals surface area contributed by atoms with Gasteiger partial charge < -0.3 is 14.6 Å². The SMILES string of the molecule is CCOC1CN(c2ncnc3[nH]cc(CC)c23)C1. The molecule has 1 aliphatic rings. The molecule has 1 saturated heterocycles. The summed E-state index contributed by atoms with van der Waals surface area (Å²) in [4.78, 5) is 14.2. The molecule has 5 nitrogen and oxygen atoms in total. The van der Waals surface area contributed by atoms with Gasteiger partial charge in [0.2, 0.25) is 0 Å². The fraction of sp³-hybridized carbons (Fsp3) is 0.538. The molecule has 0 bridgehead atoms. The van der Waals surface area contributed by atoms with Gasteiger partial charge in [-0.1, -0.05) is 6.92 Å². The standard InChI is InChI=1S/C13H18N4O/c1-3-9-5-14-12-11(9)13(16-8-15-12)17-6-10(7-17)18-4-2/h5,8,10H,3-4,6-7H2,1-2H3,(H,14,15,16). The van der Waals surface area contributed by atoms with Crippen molar-refractivity contribution >= 4 is 16.9 Å². The highest BCUT2D eigenvalue weighted by atomic mass is 16.5. The molecule has 18 heavy (non-hydrogen) atoms. The molecule has 2 aromatic heterocycles. The van der Waals surface area contributed by atoms with Crippen LogP contribution in [0, 0.1) is 0 Å². The van der Waals surface area contributed by atoms with E-state index in [4.69, 9.17) is 4.74 Å². The molecule has 96 valence electrons. The van der Waals surface area contributed by atoms with Crippen molar-refractivity contribution in [1.82, 2.24) is 15.0 Å². The molecule has 3 rings (SSSR count). The van der Waals surface area contributed by atoms with Gasteiger partial charge in [-0.2, -0.15) is 0 Å². The molecule has 0 unspecified atom stereocenters. The van der Waals surface area contributed by atoms with Crippen LogP contribution >= 0.6 is 0 Å². The van der Waals surface area contributed by atoms with Gasteiger partial charge >= 0.3 is 0 Å². The number of fused-ring (bicyclic) bond motifs is 1. The normalized spacial score (nSPS) is 16.2. The van der Waals surface area contributed by atoms with E-state index in [0.717, 1.165) is 43.0 Å². The second-order valence-electron chi connectivity index (χ2n) is 4.57. The number of aromatic nitrogens is 3. The van der Waals surface area contributed by atoms with E-state index in [1.165, 1.54) is 5.56 Å². The van der Waals surface area contributed by atoms with Crippen LogP contribution in [0.2, 0.25) is 0 Å². The van der Waals surface area contributed by atoms with Gasteiger partial charge in [-0.15, -0.1) is 0 Å². The first-order valence-corrected chi connectivity index (χ1v) is 6.51. The van der Waals surface area contributed by atoms with Crippen molar-refractivity contribution in [1.29, 1.82) is 0 Å². The average molecular weight is 246 g/mol. The monoisotopic (exact) mass is 246 g/mol. The third-order valence-electron chi connectivity index (χ3n) is 3.46. The molecule has 3 heterocycles. The average Bonchev–Trinajstić information content (AvgIpc) is 2.76. The summed E-state index contributed by atoms with van der Waals surface area (Å²) in [5.74, 6) is 1.04. The Morgan fingerprint density at radius 3 is 2.94 bits per heavy atom. The lowest BCUT2D eigenvalue weighted by atomic mass is 10.1. The van der Waals surface area contributed by atoms with E-state index >= 15 is 0 Å². The van der Waals surface area contributed by atoms with E-state index in [0.29, 0.717) is 6.10 Å². The van der Waals surface area contributed by atoms with Gasteiger partial charge in [0.1, 0.15) is 17.8 Å².